The van der Waals surface area contributed by atoms with E-state index in [2.05, 4.69) is 38.7 Å². The molecule has 1 heterocycles. The van der Waals surface area contributed by atoms with E-state index in [1.807, 2.05) is 48.5 Å². The quantitative estimate of drug-likeness (QED) is 0.499. The van der Waals surface area contributed by atoms with Crippen molar-refractivity contribution in [3.8, 4) is 11.3 Å². The van der Waals surface area contributed by atoms with Gasteiger partial charge >= 0.3 is 0 Å². The van der Waals surface area contributed by atoms with Gasteiger partial charge in [-0.2, -0.15) is 4.98 Å². The van der Waals surface area contributed by atoms with Gasteiger partial charge in [0, 0.05) is 27.8 Å². The number of nitrogens with zero attached hydrogens (tertiary/aromatic N) is 2. The van der Waals surface area contributed by atoms with E-state index in [0.29, 0.717) is 12.0 Å². The van der Waals surface area contributed by atoms with E-state index >= 15 is 0 Å². The maximum Gasteiger partial charge on any atom is 0.225 e. The maximum atomic E-state index is 4.79. The van der Waals surface area contributed by atoms with Crippen LogP contribution in [0.1, 0.15) is 32.1 Å². The highest BCUT2D eigenvalue weighted by Crippen LogP contribution is 2.26. The number of hydrogen-bond acceptors (Lipinski definition) is 4. The molecule has 1 aliphatic rings. The summed E-state index contributed by atoms with van der Waals surface area (Å²) in [4.78, 5) is 9.51. The molecule has 3 aromatic rings. The Labute approximate surface area is 168 Å². The summed E-state index contributed by atoms with van der Waals surface area (Å²) in [7, 11) is 0. The highest BCUT2D eigenvalue weighted by atomic mass is 79.9. The first-order valence-corrected chi connectivity index (χ1v) is 10.3. The van der Waals surface area contributed by atoms with Gasteiger partial charge in [-0.3, -0.25) is 0 Å². The fraction of sp³-hybridized carbons (Fsp3) is 0.273. The summed E-state index contributed by atoms with van der Waals surface area (Å²) in [5, 5.41) is 6.97. The van der Waals surface area contributed by atoms with Crippen molar-refractivity contribution in [3.63, 3.8) is 0 Å². The molecule has 2 N–H and O–H groups in total. The molecule has 27 heavy (non-hydrogen) atoms. The zero-order valence-corrected chi connectivity index (χ0v) is 16.7. The number of anilines is 3. The van der Waals surface area contributed by atoms with Crippen molar-refractivity contribution < 1.29 is 0 Å². The molecule has 1 saturated carbocycles. The molecule has 0 saturated heterocycles. The van der Waals surface area contributed by atoms with E-state index in [9.17, 15) is 0 Å². The zero-order valence-electron chi connectivity index (χ0n) is 15.2. The van der Waals surface area contributed by atoms with E-state index in [0.717, 1.165) is 27.2 Å². The van der Waals surface area contributed by atoms with Gasteiger partial charge < -0.3 is 10.6 Å². The van der Waals surface area contributed by atoms with Crippen molar-refractivity contribution in [1.29, 1.82) is 0 Å². The molecule has 1 aliphatic carbocycles. The van der Waals surface area contributed by atoms with Gasteiger partial charge in [-0.25, -0.2) is 4.98 Å². The Morgan fingerprint density at radius 1 is 0.852 bits per heavy atom. The van der Waals surface area contributed by atoms with Crippen LogP contribution in [0.2, 0.25) is 0 Å². The van der Waals surface area contributed by atoms with Crippen molar-refractivity contribution >= 4 is 33.4 Å². The van der Waals surface area contributed by atoms with Crippen LogP contribution in [0.5, 0.6) is 0 Å². The Hall–Kier alpha value is -2.40. The van der Waals surface area contributed by atoms with Gasteiger partial charge in [-0.15, -0.1) is 0 Å². The van der Waals surface area contributed by atoms with E-state index in [-0.39, 0.29) is 0 Å². The van der Waals surface area contributed by atoms with Gasteiger partial charge in [0.05, 0.1) is 5.69 Å². The summed E-state index contributed by atoms with van der Waals surface area (Å²) in [5.41, 5.74) is 3.00. The van der Waals surface area contributed by atoms with Gasteiger partial charge in [0.25, 0.3) is 0 Å². The van der Waals surface area contributed by atoms with Crippen LogP contribution in [0.25, 0.3) is 11.3 Å². The molecule has 0 spiro atoms. The SMILES string of the molecule is Brc1cccc(Nc2cc(-c3ccccc3)nc(NC3CCCCC3)n2)c1. The molecule has 1 aromatic heterocycles. The Morgan fingerprint density at radius 3 is 2.44 bits per heavy atom. The Balaban J connectivity index is 1.65. The van der Waals surface area contributed by atoms with E-state index < -0.39 is 0 Å². The lowest BCUT2D eigenvalue weighted by Crippen LogP contribution is -2.23. The number of aromatic nitrogens is 2. The average molecular weight is 423 g/mol. The van der Waals surface area contributed by atoms with Gasteiger partial charge in [0.1, 0.15) is 5.82 Å². The van der Waals surface area contributed by atoms with Gasteiger partial charge in [-0.05, 0) is 31.0 Å². The minimum absolute atomic E-state index is 0.462. The van der Waals surface area contributed by atoms with Crippen molar-refractivity contribution in [2.45, 2.75) is 38.1 Å². The molecule has 4 rings (SSSR count). The first-order valence-electron chi connectivity index (χ1n) is 9.50. The van der Waals surface area contributed by atoms with Crippen LogP contribution in [0.3, 0.4) is 0 Å². The third-order valence-electron chi connectivity index (χ3n) is 4.83. The minimum atomic E-state index is 0.462. The molecule has 0 atom stereocenters. The second-order valence-corrected chi connectivity index (χ2v) is 7.86. The Kier molecular flexibility index (Phi) is 5.68. The number of halogens is 1. The third kappa shape index (κ3) is 4.86. The summed E-state index contributed by atoms with van der Waals surface area (Å²) in [6.07, 6.45) is 6.26. The molecule has 138 valence electrons. The average Bonchev–Trinajstić information content (AvgIpc) is 2.69. The lowest BCUT2D eigenvalue weighted by Gasteiger charge is -2.23. The van der Waals surface area contributed by atoms with Crippen LogP contribution in [0.15, 0.2) is 65.1 Å². The monoisotopic (exact) mass is 422 g/mol. The summed E-state index contributed by atoms with van der Waals surface area (Å²) in [5.74, 6) is 1.49. The highest BCUT2D eigenvalue weighted by Gasteiger charge is 2.15. The summed E-state index contributed by atoms with van der Waals surface area (Å²) in [6, 6.07) is 20.8. The van der Waals surface area contributed by atoms with Crippen LogP contribution >= 0.6 is 15.9 Å². The normalized spacial score (nSPS) is 14.7. The molecule has 5 heteroatoms. The van der Waals surface area contributed by atoms with Crippen LogP contribution in [0, 0.1) is 0 Å². The highest BCUT2D eigenvalue weighted by molar-refractivity contribution is 9.10. The first kappa shape index (κ1) is 18.0. The molecule has 0 unspecified atom stereocenters. The molecule has 0 amide bonds. The predicted molar refractivity (Wildman–Crippen MR) is 115 cm³/mol. The summed E-state index contributed by atoms with van der Waals surface area (Å²) in [6.45, 7) is 0. The van der Waals surface area contributed by atoms with Crippen LogP contribution in [0.4, 0.5) is 17.5 Å². The van der Waals surface area contributed by atoms with Crippen molar-refractivity contribution in [2.75, 3.05) is 10.6 Å². The minimum Gasteiger partial charge on any atom is -0.351 e. The van der Waals surface area contributed by atoms with E-state index in [1.165, 1.54) is 32.1 Å². The van der Waals surface area contributed by atoms with Crippen LogP contribution in [-0.2, 0) is 0 Å². The number of nitrogens with one attached hydrogen (secondary N) is 2. The fourth-order valence-corrected chi connectivity index (χ4v) is 3.88. The second kappa shape index (κ2) is 8.53. The van der Waals surface area contributed by atoms with Crippen molar-refractivity contribution in [2.24, 2.45) is 0 Å². The molecule has 0 radical (unpaired) electrons. The topological polar surface area (TPSA) is 49.8 Å². The zero-order chi connectivity index (χ0) is 18.5. The van der Waals surface area contributed by atoms with Crippen LogP contribution < -0.4 is 10.6 Å². The van der Waals surface area contributed by atoms with Crippen LogP contribution in [-0.4, -0.2) is 16.0 Å². The second-order valence-electron chi connectivity index (χ2n) is 6.94. The van der Waals surface area contributed by atoms with Crippen molar-refractivity contribution in [3.05, 3.63) is 65.1 Å². The lowest BCUT2D eigenvalue weighted by molar-refractivity contribution is 0.461. The van der Waals surface area contributed by atoms with Gasteiger partial charge in [0.2, 0.25) is 5.95 Å². The molecule has 1 fully saturated rings. The Bertz CT molecular complexity index is 892. The maximum absolute atomic E-state index is 4.79. The van der Waals surface area contributed by atoms with Gasteiger partial charge in [-0.1, -0.05) is 71.6 Å². The third-order valence-corrected chi connectivity index (χ3v) is 5.32. The first-order chi connectivity index (χ1) is 13.3. The summed E-state index contributed by atoms with van der Waals surface area (Å²) >= 11 is 3.52. The Morgan fingerprint density at radius 2 is 1.67 bits per heavy atom. The van der Waals surface area contributed by atoms with Crippen molar-refractivity contribution in [1.82, 2.24) is 9.97 Å². The standard InChI is InChI=1S/C22H23BrN4/c23-17-10-7-13-19(14-17)24-21-15-20(16-8-3-1-4-9-16)26-22(27-21)25-18-11-5-2-6-12-18/h1,3-4,7-10,13-15,18H,2,5-6,11-12H2,(H2,24,25,26,27). The summed E-state index contributed by atoms with van der Waals surface area (Å²) < 4.78 is 1.03. The number of hydrogen-bond donors (Lipinski definition) is 2. The molecule has 4 nitrogen and oxygen atoms in total. The smallest absolute Gasteiger partial charge is 0.225 e. The van der Waals surface area contributed by atoms with E-state index in [1.54, 1.807) is 0 Å². The lowest BCUT2D eigenvalue weighted by atomic mass is 9.96. The predicted octanol–water partition coefficient (Wildman–Crippen LogP) is 6.39. The molecular weight excluding hydrogens is 400 g/mol. The number of benzene rings is 2. The van der Waals surface area contributed by atoms with Gasteiger partial charge in [0.15, 0.2) is 0 Å². The number of rotatable bonds is 5. The fourth-order valence-electron chi connectivity index (χ4n) is 3.48. The molecular formula is C22H23BrN4. The largest absolute Gasteiger partial charge is 0.351 e. The van der Waals surface area contributed by atoms with E-state index in [4.69, 9.17) is 9.97 Å². The molecule has 0 aliphatic heterocycles. The molecule has 0 bridgehead atoms. The molecule has 2 aromatic carbocycles.